The van der Waals surface area contributed by atoms with Crippen molar-refractivity contribution < 1.29 is 14.3 Å². The van der Waals surface area contributed by atoms with Crippen LogP contribution in [-0.4, -0.2) is 83.8 Å². The maximum absolute atomic E-state index is 14.0. The number of hydrogen-bond acceptors (Lipinski definition) is 6. The van der Waals surface area contributed by atoms with E-state index in [1.54, 1.807) is 0 Å². The number of nitrogens with zero attached hydrogens (tertiary/aromatic N) is 2. The van der Waals surface area contributed by atoms with E-state index in [9.17, 15) is 9.59 Å². The number of carbonyl (C=O) groups is 2. The van der Waals surface area contributed by atoms with Gasteiger partial charge in [0.25, 0.3) is 0 Å². The zero-order valence-corrected chi connectivity index (χ0v) is 40.8. The molecule has 0 radical (unpaired) electrons. The Hall–Kier alpha value is -6.84. The molecule has 2 heterocycles. The van der Waals surface area contributed by atoms with E-state index in [4.69, 9.17) is 10.5 Å². The molecule has 0 unspecified atom stereocenters. The topological polar surface area (TPSA) is 99.9 Å². The molecule has 2 fully saturated rings. The molecule has 2 saturated heterocycles. The average Bonchev–Trinajstić information content (AvgIpc) is 3.37. The molecule has 2 amide bonds. The van der Waals surface area contributed by atoms with Gasteiger partial charge in [-0.15, -0.1) is 0 Å². The maximum Gasteiger partial charge on any atom is 0.410 e. The van der Waals surface area contributed by atoms with E-state index < -0.39 is 11.6 Å². The number of benzene rings is 8. The summed E-state index contributed by atoms with van der Waals surface area (Å²) in [6.45, 7) is 8.56. The fourth-order valence-corrected chi connectivity index (χ4v) is 10.2. The third kappa shape index (κ3) is 12.7. The van der Waals surface area contributed by atoms with Crippen molar-refractivity contribution in [1.82, 2.24) is 20.4 Å². The molecular weight excluding hydrogens is 863 g/mol. The second kappa shape index (κ2) is 22.3. The minimum atomic E-state index is -0.583. The average molecular weight is 930 g/mol. The molecule has 8 nitrogen and oxygen atoms in total. The number of nitrogens with two attached hydrogens (primary N) is 1. The highest BCUT2D eigenvalue weighted by atomic mass is 16.6. The molecule has 8 heteroatoms. The number of carbonyl (C=O) groups excluding carboxylic acids is 2. The Balaban J connectivity index is 0.000000179. The number of nitrogens with one attached hydrogen (secondary N) is 2. The first-order valence-electron chi connectivity index (χ1n) is 25.0. The molecule has 0 bridgehead atoms. The predicted octanol–water partition coefficient (Wildman–Crippen LogP) is 10.7. The molecule has 8 aromatic carbocycles. The molecule has 10 rings (SSSR count). The highest BCUT2D eigenvalue weighted by molar-refractivity contribution is 5.86. The Bertz CT molecular complexity index is 3010. The van der Waals surface area contributed by atoms with Gasteiger partial charge in [0.05, 0.1) is 12.1 Å². The first-order chi connectivity index (χ1) is 34.0. The second-order valence-corrected chi connectivity index (χ2v) is 20.3. The largest absolute Gasteiger partial charge is 0.444 e. The summed E-state index contributed by atoms with van der Waals surface area (Å²) in [4.78, 5) is 31.0. The van der Waals surface area contributed by atoms with Crippen molar-refractivity contribution in [3.8, 4) is 0 Å². The van der Waals surface area contributed by atoms with Gasteiger partial charge in [-0.3, -0.25) is 4.79 Å². The Morgan fingerprint density at radius 1 is 0.500 bits per heavy atom. The van der Waals surface area contributed by atoms with Crippen molar-refractivity contribution in [1.29, 1.82) is 0 Å². The Kier molecular flexibility index (Phi) is 15.3. The number of hydrogen-bond donors (Lipinski definition) is 3. The summed E-state index contributed by atoms with van der Waals surface area (Å²) in [6, 6.07) is 65.5. The van der Waals surface area contributed by atoms with E-state index in [1.807, 2.05) is 62.1 Å². The summed E-state index contributed by atoms with van der Waals surface area (Å²) in [5.74, 6) is 0.0357. The lowest BCUT2D eigenvalue weighted by Gasteiger charge is -2.42. The minimum Gasteiger partial charge on any atom is -0.444 e. The Labute approximate surface area is 413 Å². The van der Waals surface area contributed by atoms with Gasteiger partial charge >= 0.3 is 6.09 Å². The SMILES string of the molecule is CC(C)(C)OC(=O)N1C[C@@H](Cc2ccc3ccccc3c2)NC[C@@H]1Cc1ccccc1.N[C@H](Cc1ccc2ccccc2c1)C(=O)N1C[C@H](Cc2ccccc2)NC[C@H]1Cc1ccc2ccccc2c1. The summed E-state index contributed by atoms with van der Waals surface area (Å²) >= 11 is 0. The van der Waals surface area contributed by atoms with Crippen molar-refractivity contribution >= 4 is 44.3 Å². The van der Waals surface area contributed by atoms with Crippen LogP contribution in [0.15, 0.2) is 188 Å². The van der Waals surface area contributed by atoms with Gasteiger partial charge in [-0.2, -0.15) is 0 Å². The lowest BCUT2D eigenvalue weighted by molar-refractivity contribution is -0.136. The minimum absolute atomic E-state index is 0.0357. The second-order valence-electron chi connectivity index (χ2n) is 20.3. The molecule has 358 valence electrons. The van der Waals surface area contributed by atoms with Gasteiger partial charge in [0.1, 0.15) is 5.60 Å². The predicted molar refractivity (Wildman–Crippen MR) is 287 cm³/mol. The lowest BCUT2D eigenvalue weighted by atomic mass is 9.95. The normalized spacial score (nSPS) is 18.8. The van der Waals surface area contributed by atoms with Gasteiger partial charge in [-0.25, -0.2) is 4.79 Å². The standard InChI is InChI=1S/C35H35N3O.C27H32N2O2/c36-34(22-27-15-17-29-11-5-7-13-31(29)19-27)35(39)38-24-32(20-25-8-2-1-3-9-25)37-23-33(38)21-26-14-16-28-10-4-6-12-30(28)18-26;1-27(2,3)31-26(30)29-19-24(28-18-25(29)17-20-9-5-4-6-10-20)16-21-13-14-22-11-7-8-12-23(22)15-21/h1-19,32-34,37H,20-24,36H2;4-15,24-25,28H,16-19H2,1-3H3/t32-,33+,34+;24-,25+/m01/s1. The van der Waals surface area contributed by atoms with Gasteiger partial charge < -0.3 is 30.9 Å². The molecule has 2 aliphatic heterocycles. The molecule has 0 spiro atoms. The van der Waals surface area contributed by atoms with Crippen molar-refractivity contribution in [2.45, 2.75) is 88.7 Å². The first-order valence-corrected chi connectivity index (χ1v) is 25.0. The first kappa shape index (κ1) is 48.2. The zero-order chi connectivity index (χ0) is 48.5. The van der Waals surface area contributed by atoms with Crippen LogP contribution in [0.3, 0.4) is 0 Å². The lowest BCUT2D eigenvalue weighted by Crippen LogP contribution is -2.62. The number of ether oxygens (including phenoxy) is 1. The fourth-order valence-electron chi connectivity index (χ4n) is 10.2. The number of fused-ring (bicyclic) bond motifs is 3. The van der Waals surface area contributed by atoms with Crippen LogP contribution in [0.1, 0.15) is 48.6 Å². The quantitative estimate of drug-likeness (QED) is 0.119. The molecule has 0 saturated carbocycles. The molecule has 5 atom stereocenters. The van der Waals surface area contributed by atoms with Crippen LogP contribution in [0.2, 0.25) is 0 Å². The molecule has 0 aromatic heterocycles. The highest BCUT2D eigenvalue weighted by Gasteiger charge is 2.36. The van der Waals surface area contributed by atoms with Crippen LogP contribution < -0.4 is 16.4 Å². The molecular formula is C62H67N5O3. The summed E-state index contributed by atoms with van der Waals surface area (Å²) < 4.78 is 5.76. The van der Waals surface area contributed by atoms with E-state index in [0.29, 0.717) is 19.5 Å². The van der Waals surface area contributed by atoms with Gasteiger partial charge in [0, 0.05) is 44.3 Å². The molecule has 2 aliphatic rings. The Morgan fingerprint density at radius 2 is 0.886 bits per heavy atom. The van der Waals surface area contributed by atoms with E-state index in [1.165, 1.54) is 54.6 Å². The van der Waals surface area contributed by atoms with Crippen LogP contribution in [0.25, 0.3) is 32.3 Å². The van der Waals surface area contributed by atoms with Crippen molar-refractivity contribution in [2.24, 2.45) is 5.73 Å². The third-order valence-electron chi connectivity index (χ3n) is 13.7. The van der Waals surface area contributed by atoms with Crippen LogP contribution in [0.4, 0.5) is 4.79 Å². The summed E-state index contributed by atoms with van der Waals surface area (Å²) in [7, 11) is 0. The van der Waals surface area contributed by atoms with Crippen molar-refractivity contribution in [3.63, 3.8) is 0 Å². The van der Waals surface area contributed by atoms with Gasteiger partial charge in [-0.1, -0.05) is 188 Å². The van der Waals surface area contributed by atoms with E-state index in [2.05, 4.69) is 167 Å². The summed E-state index contributed by atoms with van der Waals surface area (Å²) in [6.07, 6.45) is 3.67. The molecule has 0 aliphatic carbocycles. The van der Waals surface area contributed by atoms with E-state index >= 15 is 0 Å². The van der Waals surface area contributed by atoms with Crippen LogP contribution in [0, 0.1) is 0 Å². The fraction of sp³-hybridized carbons (Fsp3) is 0.290. The number of amides is 2. The third-order valence-corrected chi connectivity index (χ3v) is 13.7. The number of piperazine rings is 2. The van der Waals surface area contributed by atoms with Gasteiger partial charge in [0.2, 0.25) is 5.91 Å². The van der Waals surface area contributed by atoms with Crippen LogP contribution in [0.5, 0.6) is 0 Å². The van der Waals surface area contributed by atoms with Crippen LogP contribution >= 0.6 is 0 Å². The smallest absolute Gasteiger partial charge is 0.410 e. The van der Waals surface area contributed by atoms with Gasteiger partial charge in [-0.05, 0) is 113 Å². The monoisotopic (exact) mass is 930 g/mol. The van der Waals surface area contributed by atoms with Gasteiger partial charge in [0.15, 0.2) is 0 Å². The molecule has 4 N–H and O–H groups in total. The van der Waals surface area contributed by atoms with Crippen molar-refractivity contribution in [2.75, 3.05) is 26.2 Å². The molecule has 70 heavy (non-hydrogen) atoms. The Morgan fingerprint density at radius 3 is 1.40 bits per heavy atom. The number of rotatable bonds is 11. The summed E-state index contributed by atoms with van der Waals surface area (Å²) in [5.41, 5.74) is 12.3. The van der Waals surface area contributed by atoms with E-state index in [-0.39, 0.29) is 36.2 Å². The zero-order valence-electron chi connectivity index (χ0n) is 40.8. The molecule has 8 aromatic rings. The maximum atomic E-state index is 14.0. The highest BCUT2D eigenvalue weighted by Crippen LogP contribution is 2.24. The van der Waals surface area contributed by atoms with Crippen LogP contribution in [-0.2, 0) is 41.6 Å². The summed E-state index contributed by atoms with van der Waals surface area (Å²) in [5, 5.41) is 14.8. The van der Waals surface area contributed by atoms with Crippen molar-refractivity contribution in [3.05, 3.63) is 216 Å². The van der Waals surface area contributed by atoms with E-state index in [0.717, 1.165) is 44.3 Å².